The third kappa shape index (κ3) is 5.99. The molecule has 0 aromatic carbocycles. The summed E-state index contributed by atoms with van der Waals surface area (Å²) in [4.78, 5) is 0. The van der Waals surface area contributed by atoms with Crippen molar-refractivity contribution in [1.29, 1.82) is 0 Å². The molecule has 0 aliphatic rings. The molecule has 0 fully saturated rings. The molecule has 0 rings (SSSR count). The molecule has 0 bridgehead atoms. The molecular weight excluding hydrogens is 128 g/mol. The van der Waals surface area contributed by atoms with Crippen LogP contribution in [0, 0.1) is 11.1 Å². The minimum absolute atomic E-state index is 0.265. The zero-order valence-corrected chi connectivity index (χ0v) is 8.00. The third-order valence-corrected chi connectivity index (χ3v) is 2.06. The first-order chi connectivity index (χ1) is 3.63. The molecule has 0 saturated carbocycles. The predicted octanol–water partition coefficient (Wildman–Crippen LogP) is 1.58. The first kappa shape index (κ1) is 7.99. The second-order valence-corrected chi connectivity index (χ2v) is 6.75. The van der Waals surface area contributed by atoms with Crippen molar-refractivity contribution in [1.82, 2.24) is 0 Å². The smallest absolute Gasteiger partial charge is 0.137 e. The Morgan fingerprint density at radius 2 is 1.00 bits per heavy atom. The van der Waals surface area contributed by atoms with E-state index in [-0.39, 0.29) is 17.6 Å². The summed E-state index contributed by atoms with van der Waals surface area (Å²) in [6.07, 6.45) is 0. The van der Waals surface area contributed by atoms with E-state index >= 15 is 0 Å². The van der Waals surface area contributed by atoms with Crippen LogP contribution in [0.4, 0.5) is 0 Å². The van der Waals surface area contributed by atoms with Crippen molar-refractivity contribution in [3.63, 3.8) is 0 Å². The van der Waals surface area contributed by atoms with Crippen molar-refractivity contribution < 1.29 is 0 Å². The molecule has 0 unspecified atom stereocenters. The number of hydrogen-bond donors (Lipinski definition) is 0. The van der Waals surface area contributed by atoms with E-state index in [4.69, 9.17) is 0 Å². The molecule has 0 aliphatic heterocycles. The van der Waals surface area contributed by atoms with Crippen molar-refractivity contribution >= 4 is 17.6 Å². The van der Waals surface area contributed by atoms with E-state index in [1.165, 1.54) is 0 Å². The highest BCUT2D eigenvalue weighted by Gasteiger charge is 1.87. The molecule has 44 valence electrons. The van der Waals surface area contributed by atoms with Gasteiger partial charge in [-0.1, -0.05) is 26.2 Å². The highest BCUT2D eigenvalue weighted by Crippen LogP contribution is 1.76. The van der Waals surface area contributed by atoms with Crippen LogP contribution in [0.3, 0.4) is 0 Å². The van der Waals surface area contributed by atoms with E-state index in [0.717, 1.165) is 0 Å². The third-order valence-electron chi connectivity index (χ3n) is 0.562. The van der Waals surface area contributed by atoms with Crippen LogP contribution in [0.15, 0.2) is 0 Å². The van der Waals surface area contributed by atoms with Gasteiger partial charge in [-0.15, -0.1) is 11.1 Å². The molecule has 0 spiro atoms. The van der Waals surface area contributed by atoms with Crippen LogP contribution in [0.2, 0.25) is 26.2 Å². The van der Waals surface area contributed by atoms with Crippen LogP contribution in [0.5, 0.6) is 0 Å². The van der Waals surface area contributed by atoms with Crippen molar-refractivity contribution in [3.05, 3.63) is 0 Å². The molecule has 2 heteroatoms. The van der Waals surface area contributed by atoms with Gasteiger partial charge in [0.1, 0.15) is 17.6 Å². The maximum absolute atomic E-state index is 3.24. The Balaban J connectivity index is 3.50. The van der Waals surface area contributed by atoms with Gasteiger partial charge in [0.25, 0.3) is 0 Å². The summed E-state index contributed by atoms with van der Waals surface area (Å²) in [5.74, 6) is 0. The maximum atomic E-state index is 3.24. The van der Waals surface area contributed by atoms with Crippen LogP contribution < -0.4 is 0 Å². The fourth-order valence-electron chi connectivity index (χ4n) is 0.250. The molecule has 0 aromatic rings. The monoisotopic (exact) mass is 140 g/mol. The maximum Gasteiger partial charge on any atom is 0.137 e. The van der Waals surface area contributed by atoms with Crippen molar-refractivity contribution in [2.75, 3.05) is 0 Å². The van der Waals surface area contributed by atoms with Gasteiger partial charge in [0.05, 0.1) is 0 Å². The lowest BCUT2D eigenvalue weighted by atomic mass is 11.4. The minimum atomic E-state index is -0.265. The summed E-state index contributed by atoms with van der Waals surface area (Å²) >= 11 is 0. The van der Waals surface area contributed by atoms with Gasteiger partial charge in [-0.05, 0) is 0 Å². The Morgan fingerprint density at radius 3 is 1.12 bits per heavy atom. The SMILES string of the molecule is C[Si](C)C#C[Si](C)C. The fourth-order valence-corrected chi connectivity index (χ4v) is 2.25. The van der Waals surface area contributed by atoms with Gasteiger partial charge in [-0.25, -0.2) is 0 Å². The second-order valence-electron chi connectivity index (χ2n) is 2.25. The average molecular weight is 140 g/mol. The molecule has 0 nitrogen and oxygen atoms in total. The minimum Gasteiger partial charge on any atom is -0.141 e. The highest BCUT2D eigenvalue weighted by atomic mass is 28.3. The van der Waals surface area contributed by atoms with Crippen LogP contribution in [-0.2, 0) is 0 Å². The Hall–Kier alpha value is -0.00623. The first-order valence-electron chi connectivity index (χ1n) is 2.75. The van der Waals surface area contributed by atoms with Gasteiger partial charge in [-0.3, -0.25) is 0 Å². The van der Waals surface area contributed by atoms with E-state index in [2.05, 4.69) is 37.3 Å². The summed E-state index contributed by atoms with van der Waals surface area (Å²) in [6.45, 7) is 8.90. The zero-order valence-electron chi connectivity index (χ0n) is 6.00. The Labute approximate surface area is 55.5 Å². The van der Waals surface area contributed by atoms with E-state index in [0.29, 0.717) is 0 Å². The Kier molecular flexibility index (Phi) is 3.93. The lowest BCUT2D eigenvalue weighted by molar-refractivity contribution is 2.02. The van der Waals surface area contributed by atoms with Crippen LogP contribution in [-0.4, -0.2) is 17.6 Å². The fraction of sp³-hybridized carbons (Fsp3) is 0.667. The van der Waals surface area contributed by atoms with E-state index < -0.39 is 0 Å². The lowest BCUT2D eigenvalue weighted by Crippen LogP contribution is -1.99. The van der Waals surface area contributed by atoms with Crippen LogP contribution in [0.25, 0.3) is 0 Å². The average Bonchev–Trinajstić information content (AvgIpc) is 1.61. The quantitative estimate of drug-likeness (QED) is 0.354. The van der Waals surface area contributed by atoms with E-state index in [1.54, 1.807) is 0 Å². The number of rotatable bonds is 0. The van der Waals surface area contributed by atoms with Crippen molar-refractivity contribution in [2.45, 2.75) is 26.2 Å². The second kappa shape index (κ2) is 3.93. The van der Waals surface area contributed by atoms with Crippen molar-refractivity contribution in [3.8, 4) is 11.1 Å². The largest absolute Gasteiger partial charge is 0.141 e. The molecule has 2 radical (unpaired) electrons. The Bertz CT molecular complexity index is 93.4. The van der Waals surface area contributed by atoms with Gasteiger partial charge < -0.3 is 0 Å². The molecule has 0 heterocycles. The van der Waals surface area contributed by atoms with Gasteiger partial charge in [0.2, 0.25) is 0 Å². The van der Waals surface area contributed by atoms with Gasteiger partial charge in [0.15, 0.2) is 0 Å². The van der Waals surface area contributed by atoms with Crippen LogP contribution in [0.1, 0.15) is 0 Å². The summed E-state index contributed by atoms with van der Waals surface area (Å²) in [5, 5.41) is 0. The van der Waals surface area contributed by atoms with Crippen LogP contribution >= 0.6 is 0 Å². The summed E-state index contributed by atoms with van der Waals surface area (Å²) in [6, 6.07) is 0. The first-order valence-corrected chi connectivity index (χ1v) is 7.75. The molecule has 0 N–H and O–H groups in total. The van der Waals surface area contributed by atoms with Gasteiger partial charge in [0, 0.05) is 0 Å². The molecule has 0 aromatic heterocycles. The highest BCUT2D eigenvalue weighted by molar-refractivity contribution is 6.70. The summed E-state index contributed by atoms with van der Waals surface area (Å²) in [7, 11) is -0.531. The van der Waals surface area contributed by atoms with Gasteiger partial charge >= 0.3 is 0 Å². The number of hydrogen-bond acceptors (Lipinski definition) is 0. The summed E-state index contributed by atoms with van der Waals surface area (Å²) in [5.41, 5.74) is 6.48. The molecular formula is C6H12Si2. The molecule has 8 heavy (non-hydrogen) atoms. The van der Waals surface area contributed by atoms with E-state index in [9.17, 15) is 0 Å². The Morgan fingerprint density at radius 1 is 0.750 bits per heavy atom. The molecule has 0 aliphatic carbocycles. The molecule has 0 atom stereocenters. The van der Waals surface area contributed by atoms with E-state index in [1.807, 2.05) is 0 Å². The van der Waals surface area contributed by atoms with Crippen molar-refractivity contribution in [2.24, 2.45) is 0 Å². The molecule has 0 saturated heterocycles. The normalized spacial score (nSPS) is 9.25. The topological polar surface area (TPSA) is 0 Å². The summed E-state index contributed by atoms with van der Waals surface area (Å²) < 4.78 is 0. The lowest BCUT2D eigenvalue weighted by Gasteiger charge is -1.85. The standard InChI is InChI=1S/C6H12Si2/c1-7(2)5-6-8(3)4/h1-4H3. The predicted molar refractivity (Wildman–Crippen MR) is 42.7 cm³/mol. The molecule has 0 amide bonds. The van der Waals surface area contributed by atoms with Gasteiger partial charge in [-0.2, -0.15) is 0 Å². The zero-order chi connectivity index (χ0) is 6.57.